The Morgan fingerprint density at radius 3 is 2.65 bits per heavy atom. The maximum atomic E-state index is 13.2. The van der Waals surface area contributed by atoms with Gasteiger partial charge in [0, 0.05) is 43.3 Å². The molecule has 0 unspecified atom stereocenters. The summed E-state index contributed by atoms with van der Waals surface area (Å²) < 4.78 is 6.99. The van der Waals surface area contributed by atoms with Crippen molar-refractivity contribution in [2.75, 3.05) is 11.4 Å². The van der Waals surface area contributed by atoms with Gasteiger partial charge < -0.3 is 9.64 Å². The van der Waals surface area contributed by atoms with Gasteiger partial charge in [-0.1, -0.05) is 70.3 Å². The normalized spacial score (nSPS) is 14.3. The monoisotopic (exact) mass is 515 g/mol. The summed E-state index contributed by atoms with van der Waals surface area (Å²) in [5.74, 6) is 0.677. The van der Waals surface area contributed by atoms with Crippen LogP contribution in [0, 0.1) is 0 Å². The summed E-state index contributed by atoms with van der Waals surface area (Å²) in [4.78, 5) is 15.0. The van der Waals surface area contributed by atoms with Crippen LogP contribution in [0.25, 0.3) is 11.6 Å². The zero-order chi connectivity index (χ0) is 22.0. The lowest BCUT2D eigenvalue weighted by molar-refractivity contribution is -0.113. The van der Waals surface area contributed by atoms with Crippen LogP contribution in [0.5, 0.6) is 5.75 Å². The summed E-state index contributed by atoms with van der Waals surface area (Å²) in [5.41, 5.74) is 4.20. The van der Waals surface area contributed by atoms with Crippen molar-refractivity contribution in [1.29, 1.82) is 0 Å². The number of nitrogens with zero attached hydrogens (tertiary/aromatic N) is 1. The van der Waals surface area contributed by atoms with Gasteiger partial charge in [-0.15, -0.1) is 0 Å². The number of para-hydroxylation sites is 1. The number of benzene rings is 3. The Morgan fingerprint density at radius 1 is 1.06 bits per heavy atom. The molecular weight excluding hydrogens is 497 g/mol. The van der Waals surface area contributed by atoms with Gasteiger partial charge in [0.05, 0.1) is 5.69 Å². The fourth-order valence-electron chi connectivity index (χ4n) is 3.61. The number of carbonyl (C=O) groups excluding carboxylic acids is 1. The highest BCUT2D eigenvalue weighted by molar-refractivity contribution is 9.10. The van der Waals surface area contributed by atoms with E-state index in [4.69, 9.17) is 27.9 Å². The second kappa shape index (κ2) is 9.47. The van der Waals surface area contributed by atoms with Crippen molar-refractivity contribution in [3.8, 4) is 5.75 Å². The Balaban J connectivity index is 1.69. The number of fused-ring (bicyclic) bond motifs is 1. The topological polar surface area (TPSA) is 29.5 Å². The maximum absolute atomic E-state index is 13.2. The molecule has 0 spiro atoms. The molecule has 0 saturated carbocycles. The first-order valence-electron chi connectivity index (χ1n) is 9.97. The van der Waals surface area contributed by atoms with Crippen molar-refractivity contribution in [2.24, 2.45) is 0 Å². The van der Waals surface area contributed by atoms with Gasteiger partial charge in [0.25, 0.3) is 5.91 Å². The van der Waals surface area contributed by atoms with Crippen molar-refractivity contribution in [1.82, 2.24) is 0 Å². The van der Waals surface area contributed by atoms with Gasteiger partial charge in [0.2, 0.25) is 0 Å². The van der Waals surface area contributed by atoms with Gasteiger partial charge in [-0.05, 0) is 48.9 Å². The molecule has 3 nitrogen and oxygen atoms in total. The molecule has 6 heteroatoms. The minimum atomic E-state index is 0.00900. The standard InChI is InChI=1S/C25H20BrCl2NO2/c1-2-11-29-23-6-4-3-5-20(23)21(25(29)30)13-17-12-18(26)8-10-24(17)31-15-16-7-9-19(27)14-22(16)28/h3-10,12-14H,2,11,15H2,1H3/b21-13-. The number of carbonyl (C=O) groups is 1. The molecule has 1 amide bonds. The number of anilines is 1. The lowest BCUT2D eigenvalue weighted by atomic mass is 10.0. The Kier molecular flexibility index (Phi) is 6.71. The largest absolute Gasteiger partial charge is 0.488 e. The molecule has 1 aliphatic heterocycles. The van der Waals surface area contributed by atoms with Gasteiger partial charge in [-0.25, -0.2) is 0 Å². The molecule has 4 rings (SSSR count). The zero-order valence-electron chi connectivity index (χ0n) is 16.9. The Labute approximate surface area is 200 Å². The Hall–Kier alpha value is -2.27. The lowest BCUT2D eigenvalue weighted by Gasteiger charge is -2.15. The molecule has 0 bridgehead atoms. The number of rotatable bonds is 6. The van der Waals surface area contributed by atoms with E-state index in [2.05, 4.69) is 22.9 Å². The molecule has 31 heavy (non-hydrogen) atoms. The summed E-state index contributed by atoms with van der Waals surface area (Å²) in [7, 11) is 0. The number of hydrogen-bond acceptors (Lipinski definition) is 2. The van der Waals surface area contributed by atoms with E-state index in [1.54, 1.807) is 12.1 Å². The van der Waals surface area contributed by atoms with E-state index in [9.17, 15) is 4.79 Å². The van der Waals surface area contributed by atoms with Crippen molar-refractivity contribution in [3.63, 3.8) is 0 Å². The van der Waals surface area contributed by atoms with Crippen LogP contribution in [0.4, 0.5) is 5.69 Å². The van der Waals surface area contributed by atoms with E-state index in [1.807, 2.05) is 59.5 Å². The molecule has 0 saturated heterocycles. The predicted octanol–water partition coefficient (Wildman–Crippen LogP) is 7.63. The highest BCUT2D eigenvalue weighted by Crippen LogP contribution is 2.39. The molecule has 0 fully saturated rings. The van der Waals surface area contributed by atoms with Gasteiger partial charge in [-0.3, -0.25) is 4.79 Å². The molecule has 0 N–H and O–H groups in total. The number of hydrogen-bond donors (Lipinski definition) is 0. The van der Waals surface area contributed by atoms with Crippen molar-refractivity contribution in [3.05, 3.63) is 91.9 Å². The average molecular weight is 517 g/mol. The van der Waals surface area contributed by atoms with Crippen LogP contribution < -0.4 is 9.64 Å². The summed E-state index contributed by atoms with van der Waals surface area (Å²) in [6.07, 6.45) is 2.79. The molecule has 0 aliphatic carbocycles. The van der Waals surface area contributed by atoms with Gasteiger partial charge >= 0.3 is 0 Å². The van der Waals surface area contributed by atoms with E-state index in [0.717, 1.165) is 33.3 Å². The van der Waals surface area contributed by atoms with E-state index in [1.165, 1.54) is 0 Å². The van der Waals surface area contributed by atoms with Gasteiger partial charge in [0.1, 0.15) is 12.4 Å². The van der Waals surface area contributed by atoms with Gasteiger partial charge in [-0.2, -0.15) is 0 Å². The zero-order valence-corrected chi connectivity index (χ0v) is 20.0. The van der Waals surface area contributed by atoms with Crippen molar-refractivity contribution >= 4 is 62.4 Å². The first-order chi connectivity index (χ1) is 15.0. The molecule has 158 valence electrons. The van der Waals surface area contributed by atoms with Crippen LogP contribution in [0.15, 0.2) is 65.1 Å². The van der Waals surface area contributed by atoms with Crippen molar-refractivity contribution in [2.45, 2.75) is 20.0 Å². The highest BCUT2D eigenvalue weighted by Gasteiger charge is 2.31. The van der Waals surface area contributed by atoms with Crippen LogP contribution in [-0.2, 0) is 11.4 Å². The first-order valence-corrected chi connectivity index (χ1v) is 11.5. The van der Waals surface area contributed by atoms with E-state index >= 15 is 0 Å². The second-order valence-corrected chi connectivity index (χ2v) is 9.00. The van der Waals surface area contributed by atoms with E-state index < -0.39 is 0 Å². The molecular formula is C25H20BrCl2NO2. The van der Waals surface area contributed by atoms with Crippen LogP contribution >= 0.6 is 39.1 Å². The number of ether oxygens (including phenoxy) is 1. The summed E-state index contributed by atoms with van der Waals surface area (Å²) in [5, 5.41) is 1.14. The van der Waals surface area contributed by atoms with Crippen LogP contribution in [0.1, 0.15) is 30.0 Å². The molecule has 1 heterocycles. The molecule has 0 aromatic heterocycles. The number of halogens is 3. The fourth-order valence-corrected chi connectivity index (χ4v) is 4.45. The molecule has 3 aromatic rings. The third-order valence-electron chi connectivity index (χ3n) is 5.08. The Morgan fingerprint density at radius 2 is 1.87 bits per heavy atom. The molecule has 0 radical (unpaired) electrons. The van der Waals surface area contributed by atoms with E-state index in [0.29, 0.717) is 34.5 Å². The molecule has 1 aliphatic rings. The summed E-state index contributed by atoms with van der Waals surface area (Å²) in [6, 6.07) is 19.0. The van der Waals surface area contributed by atoms with E-state index in [-0.39, 0.29) is 5.91 Å². The maximum Gasteiger partial charge on any atom is 0.258 e. The fraction of sp³-hybridized carbons (Fsp3) is 0.160. The lowest BCUT2D eigenvalue weighted by Crippen LogP contribution is -2.26. The number of amides is 1. The first kappa shape index (κ1) is 21.9. The van der Waals surface area contributed by atoms with Crippen molar-refractivity contribution < 1.29 is 9.53 Å². The SMILES string of the molecule is CCCN1C(=O)/C(=C\c2cc(Br)ccc2OCc2ccc(Cl)cc2Cl)c2ccccc21. The second-order valence-electron chi connectivity index (χ2n) is 7.24. The third-order valence-corrected chi connectivity index (χ3v) is 6.16. The molecule has 3 aromatic carbocycles. The third kappa shape index (κ3) is 4.67. The highest BCUT2D eigenvalue weighted by atomic mass is 79.9. The quantitative estimate of drug-likeness (QED) is 0.315. The average Bonchev–Trinajstić information content (AvgIpc) is 3.01. The van der Waals surface area contributed by atoms with Gasteiger partial charge in [0.15, 0.2) is 0 Å². The summed E-state index contributed by atoms with van der Waals surface area (Å²) in [6.45, 7) is 3.05. The minimum Gasteiger partial charge on any atom is -0.488 e. The van der Waals surface area contributed by atoms with Crippen LogP contribution in [0.3, 0.4) is 0 Å². The van der Waals surface area contributed by atoms with Crippen LogP contribution in [0.2, 0.25) is 10.0 Å². The van der Waals surface area contributed by atoms with Crippen LogP contribution in [-0.4, -0.2) is 12.5 Å². The predicted molar refractivity (Wildman–Crippen MR) is 132 cm³/mol. The summed E-state index contributed by atoms with van der Waals surface area (Å²) >= 11 is 15.8. The Bertz CT molecular complexity index is 1180. The smallest absolute Gasteiger partial charge is 0.258 e. The minimum absolute atomic E-state index is 0.00900. The molecule has 0 atom stereocenters.